The molecule has 4 saturated carbocycles. The molecule has 5 aliphatic rings. The lowest BCUT2D eigenvalue weighted by Gasteiger charge is -2.59. The van der Waals surface area contributed by atoms with Crippen molar-refractivity contribution < 1.29 is 4.79 Å². The second-order valence-electron chi connectivity index (χ2n) is 8.55. The van der Waals surface area contributed by atoms with Gasteiger partial charge in [-0.3, -0.25) is 9.69 Å². The minimum atomic E-state index is 0. The second kappa shape index (κ2) is 6.32. The molecule has 0 aromatic rings. The van der Waals surface area contributed by atoms with Gasteiger partial charge in [0.15, 0.2) is 0 Å². The van der Waals surface area contributed by atoms with Gasteiger partial charge >= 0.3 is 0 Å². The molecule has 0 aromatic heterocycles. The molecule has 1 heterocycles. The number of nitrogens with zero attached hydrogens (tertiary/aromatic N) is 1. The molecule has 0 spiro atoms. The number of nitrogens with one attached hydrogen (secondary N) is 1. The third kappa shape index (κ3) is 3.03. The zero-order chi connectivity index (χ0) is 14.4. The maximum atomic E-state index is 12.3. The molecule has 1 unspecified atom stereocenters. The Kier molecular flexibility index (Phi) is 4.76. The highest BCUT2D eigenvalue weighted by molar-refractivity contribution is 5.85. The molecule has 1 aliphatic heterocycles. The molecule has 22 heavy (non-hydrogen) atoms. The van der Waals surface area contributed by atoms with Gasteiger partial charge in [-0.15, -0.1) is 12.4 Å². The zero-order valence-corrected chi connectivity index (χ0v) is 14.7. The van der Waals surface area contributed by atoms with Gasteiger partial charge in [0.25, 0.3) is 0 Å². The fourth-order valence-corrected chi connectivity index (χ4v) is 6.29. The molecule has 1 atom stereocenters. The average Bonchev–Trinajstić information content (AvgIpc) is 2.89. The van der Waals surface area contributed by atoms with Crippen molar-refractivity contribution >= 4 is 18.3 Å². The summed E-state index contributed by atoms with van der Waals surface area (Å²) in [6.45, 7) is 5.13. The summed E-state index contributed by atoms with van der Waals surface area (Å²) >= 11 is 0. The van der Waals surface area contributed by atoms with Gasteiger partial charge in [0.2, 0.25) is 5.91 Å². The van der Waals surface area contributed by atoms with Crippen LogP contribution in [0, 0.1) is 23.2 Å². The van der Waals surface area contributed by atoms with E-state index >= 15 is 0 Å². The molecule has 1 saturated heterocycles. The molecule has 5 fully saturated rings. The van der Waals surface area contributed by atoms with Gasteiger partial charge < -0.3 is 5.32 Å². The summed E-state index contributed by atoms with van der Waals surface area (Å²) in [5.74, 6) is 3.16. The van der Waals surface area contributed by atoms with Crippen LogP contribution in [0.5, 0.6) is 0 Å². The molecular formula is C18H31ClN2O. The Morgan fingerprint density at radius 3 is 2.09 bits per heavy atom. The summed E-state index contributed by atoms with van der Waals surface area (Å²) < 4.78 is 0. The lowest BCUT2D eigenvalue weighted by molar-refractivity contribution is -0.126. The first kappa shape index (κ1) is 16.6. The van der Waals surface area contributed by atoms with Crippen LogP contribution in [0.1, 0.15) is 58.3 Å². The van der Waals surface area contributed by atoms with Crippen LogP contribution in [-0.4, -0.2) is 36.5 Å². The summed E-state index contributed by atoms with van der Waals surface area (Å²) in [7, 11) is 0. The van der Waals surface area contributed by atoms with E-state index < -0.39 is 0 Å². The third-order valence-corrected chi connectivity index (χ3v) is 6.95. The highest BCUT2D eigenvalue weighted by atomic mass is 35.5. The first-order valence-electron chi connectivity index (χ1n) is 9.15. The summed E-state index contributed by atoms with van der Waals surface area (Å²) in [5.41, 5.74) is 0.440. The SMILES string of the molecule is CC(NC(=O)CN1CCCC1)C12CC3CC(CC(C3)C1)C2.Cl. The van der Waals surface area contributed by atoms with Crippen LogP contribution in [0.15, 0.2) is 0 Å². The van der Waals surface area contributed by atoms with Crippen LogP contribution in [0.2, 0.25) is 0 Å². The van der Waals surface area contributed by atoms with Crippen molar-refractivity contribution in [3.63, 3.8) is 0 Å². The molecule has 1 N–H and O–H groups in total. The normalized spacial score (nSPS) is 41.2. The predicted molar refractivity (Wildman–Crippen MR) is 91.1 cm³/mol. The van der Waals surface area contributed by atoms with Gasteiger partial charge in [-0.1, -0.05) is 0 Å². The highest BCUT2D eigenvalue weighted by Crippen LogP contribution is 2.61. The van der Waals surface area contributed by atoms with Crippen LogP contribution >= 0.6 is 12.4 Å². The Bertz CT molecular complexity index is 384. The fourth-order valence-electron chi connectivity index (χ4n) is 6.29. The number of likely N-dealkylation sites (tertiary alicyclic amines) is 1. The lowest BCUT2D eigenvalue weighted by Crippen LogP contribution is -2.56. The number of hydrogen-bond donors (Lipinski definition) is 1. The van der Waals surface area contributed by atoms with Gasteiger partial charge in [-0.05, 0) is 94.5 Å². The standard InChI is InChI=1S/C18H30N2O.ClH/c1-13(19-17(21)12-20-4-2-3-5-20)18-9-14-6-15(10-18)8-16(7-14)11-18;/h13-16H,2-12H2,1H3,(H,19,21);1H. The number of rotatable bonds is 4. The van der Waals surface area contributed by atoms with Crippen molar-refractivity contribution in [1.82, 2.24) is 10.2 Å². The Hall–Kier alpha value is -0.280. The van der Waals surface area contributed by atoms with Gasteiger partial charge in [0.1, 0.15) is 0 Å². The van der Waals surface area contributed by atoms with Crippen molar-refractivity contribution in [2.24, 2.45) is 23.2 Å². The van der Waals surface area contributed by atoms with E-state index in [0.717, 1.165) is 30.8 Å². The summed E-state index contributed by atoms with van der Waals surface area (Å²) in [6.07, 6.45) is 11.1. The fraction of sp³-hybridized carbons (Fsp3) is 0.944. The second-order valence-corrected chi connectivity index (χ2v) is 8.55. The zero-order valence-electron chi connectivity index (χ0n) is 13.9. The first-order chi connectivity index (χ1) is 10.1. The summed E-state index contributed by atoms with van der Waals surface area (Å²) in [6, 6.07) is 0.376. The minimum absolute atomic E-state index is 0. The number of amides is 1. The van der Waals surface area contributed by atoms with Crippen molar-refractivity contribution in [2.75, 3.05) is 19.6 Å². The Balaban J connectivity index is 0.00000144. The van der Waals surface area contributed by atoms with Crippen LogP contribution in [0.25, 0.3) is 0 Å². The Labute approximate surface area is 141 Å². The predicted octanol–water partition coefficient (Wildman–Crippen LogP) is 3.23. The van der Waals surface area contributed by atoms with Gasteiger partial charge in [-0.25, -0.2) is 0 Å². The van der Waals surface area contributed by atoms with Crippen molar-refractivity contribution in [3.8, 4) is 0 Å². The summed E-state index contributed by atoms with van der Waals surface area (Å²) in [4.78, 5) is 14.7. The molecule has 0 radical (unpaired) electrons. The number of hydrogen-bond acceptors (Lipinski definition) is 2. The topological polar surface area (TPSA) is 32.3 Å². The Morgan fingerprint density at radius 1 is 1.09 bits per heavy atom. The molecule has 4 bridgehead atoms. The van der Waals surface area contributed by atoms with E-state index in [1.165, 1.54) is 51.4 Å². The highest BCUT2D eigenvalue weighted by Gasteiger charge is 2.53. The van der Waals surface area contributed by atoms with E-state index in [-0.39, 0.29) is 18.3 Å². The first-order valence-corrected chi connectivity index (χ1v) is 9.15. The molecule has 5 rings (SSSR count). The van der Waals surface area contributed by atoms with E-state index in [4.69, 9.17) is 0 Å². The van der Waals surface area contributed by atoms with Crippen molar-refractivity contribution in [2.45, 2.75) is 64.3 Å². The van der Waals surface area contributed by atoms with Gasteiger partial charge in [0, 0.05) is 6.04 Å². The quantitative estimate of drug-likeness (QED) is 0.860. The molecule has 1 amide bonds. The Morgan fingerprint density at radius 2 is 1.59 bits per heavy atom. The number of halogens is 1. The summed E-state index contributed by atoms with van der Waals surface area (Å²) in [5, 5.41) is 3.38. The van der Waals surface area contributed by atoms with E-state index in [1.807, 2.05) is 0 Å². The van der Waals surface area contributed by atoms with Crippen LogP contribution < -0.4 is 5.32 Å². The largest absolute Gasteiger partial charge is 0.352 e. The van der Waals surface area contributed by atoms with Crippen LogP contribution in [0.3, 0.4) is 0 Å². The van der Waals surface area contributed by atoms with Gasteiger partial charge in [-0.2, -0.15) is 0 Å². The maximum Gasteiger partial charge on any atom is 0.234 e. The van der Waals surface area contributed by atoms with Crippen LogP contribution in [0.4, 0.5) is 0 Å². The van der Waals surface area contributed by atoms with E-state index in [2.05, 4.69) is 17.1 Å². The van der Waals surface area contributed by atoms with Crippen LogP contribution in [-0.2, 0) is 4.79 Å². The maximum absolute atomic E-state index is 12.3. The third-order valence-electron chi connectivity index (χ3n) is 6.95. The molecular weight excluding hydrogens is 296 g/mol. The van der Waals surface area contributed by atoms with E-state index in [9.17, 15) is 4.79 Å². The molecule has 0 aromatic carbocycles. The van der Waals surface area contributed by atoms with E-state index in [1.54, 1.807) is 0 Å². The smallest absolute Gasteiger partial charge is 0.234 e. The van der Waals surface area contributed by atoms with E-state index in [0.29, 0.717) is 18.0 Å². The molecule has 4 heteroatoms. The molecule has 126 valence electrons. The molecule has 4 aliphatic carbocycles. The number of carbonyl (C=O) groups excluding carboxylic acids is 1. The minimum Gasteiger partial charge on any atom is -0.352 e. The van der Waals surface area contributed by atoms with Gasteiger partial charge in [0.05, 0.1) is 6.54 Å². The average molecular weight is 327 g/mol. The lowest BCUT2D eigenvalue weighted by atomic mass is 9.48. The molecule has 3 nitrogen and oxygen atoms in total. The number of carbonyl (C=O) groups is 1. The van der Waals surface area contributed by atoms with Crippen molar-refractivity contribution in [3.05, 3.63) is 0 Å². The monoisotopic (exact) mass is 326 g/mol. The van der Waals surface area contributed by atoms with Crippen molar-refractivity contribution in [1.29, 1.82) is 0 Å².